The minimum Gasteiger partial charge on any atom is -0.465 e. The van der Waals surface area contributed by atoms with Crippen molar-refractivity contribution in [2.75, 3.05) is 19.0 Å². The number of halogens is 2. The first-order valence-corrected chi connectivity index (χ1v) is 10.2. The molecule has 2 amide bonds. The highest BCUT2D eigenvalue weighted by molar-refractivity contribution is 7.15. The van der Waals surface area contributed by atoms with Crippen molar-refractivity contribution in [1.29, 1.82) is 0 Å². The van der Waals surface area contributed by atoms with E-state index >= 15 is 0 Å². The molecule has 2 rings (SSSR count). The zero-order valence-corrected chi connectivity index (χ0v) is 17.9. The van der Waals surface area contributed by atoms with Gasteiger partial charge in [0.1, 0.15) is 10.8 Å². The Morgan fingerprint density at radius 3 is 2.62 bits per heavy atom. The van der Waals surface area contributed by atoms with Gasteiger partial charge in [0.25, 0.3) is 5.91 Å². The monoisotopic (exact) mass is 440 g/mol. The molecule has 0 aliphatic rings. The number of hydrogen-bond donors (Lipinski definition) is 2. The first-order chi connectivity index (χ1) is 13.7. The maximum absolute atomic E-state index is 13.1. The Morgan fingerprint density at radius 1 is 1.28 bits per heavy atom. The molecule has 0 saturated carbocycles. The molecule has 0 bridgehead atoms. The lowest BCUT2D eigenvalue weighted by molar-refractivity contribution is -0.116. The Kier molecular flexibility index (Phi) is 8.16. The summed E-state index contributed by atoms with van der Waals surface area (Å²) >= 11 is 7.11. The van der Waals surface area contributed by atoms with Gasteiger partial charge in [0.2, 0.25) is 5.91 Å². The van der Waals surface area contributed by atoms with Crippen molar-refractivity contribution in [1.82, 2.24) is 5.32 Å². The van der Waals surface area contributed by atoms with E-state index in [-0.39, 0.29) is 29.5 Å². The van der Waals surface area contributed by atoms with E-state index in [9.17, 15) is 18.8 Å². The van der Waals surface area contributed by atoms with Crippen molar-refractivity contribution in [3.63, 3.8) is 0 Å². The van der Waals surface area contributed by atoms with E-state index in [0.29, 0.717) is 22.9 Å². The number of anilines is 1. The van der Waals surface area contributed by atoms with Crippen molar-refractivity contribution in [2.45, 2.75) is 26.7 Å². The maximum Gasteiger partial charge on any atom is 0.341 e. The topological polar surface area (TPSA) is 84.5 Å². The third kappa shape index (κ3) is 6.27. The first kappa shape index (κ1) is 22.8. The van der Waals surface area contributed by atoms with Crippen molar-refractivity contribution < 1.29 is 23.5 Å². The number of thiophene rings is 1. The SMILES string of the molecule is COC(=O)c1c(CC(C)C)csc1NC(=O)CCNC(=O)c1ccc(F)cc1Cl. The highest BCUT2D eigenvalue weighted by Gasteiger charge is 2.21. The van der Waals surface area contributed by atoms with Crippen LogP contribution in [0.5, 0.6) is 0 Å². The van der Waals surface area contributed by atoms with E-state index in [4.69, 9.17) is 16.3 Å². The Labute approximate surface area is 177 Å². The van der Waals surface area contributed by atoms with Gasteiger partial charge in [0.15, 0.2) is 0 Å². The summed E-state index contributed by atoms with van der Waals surface area (Å²) in [4.78, 5) is 36.5. The van der Waals surface area contributed by atoms with Gasteiger partial charge >= 0.3 is 5.97 Å². The minimum atomic E-state index is -0.542. The number of benzene rings is 1. The van der Waals surface area contributed by atoms with Crippen molar-refractivity contribution in [3.05, 3.63) is 51.1 Å². The number of hydrogen-bond acceptors (Lipinski definition) is 5. The fourth-order valence-electron chi connectivity index (χ4n) is 2.65. The van der Waals surface area contributed by atoms with Crippen molar-refractivity contribution >= 4 is 45.7 Å². The standard InChI is InChI=1S/C20H22ClFN2O4S/c1-11(2)8-12-10-29-19(17(12)20(27)28-3)24-16(25)6-7-23-18(26)14-5-4-13(22)9-15(14)21/h4-5,9-11H,6-8H2,1-3H3,(H,23,26)(H,24,25). The van der Waals surface area contributed by atoms with Crippen LogP contribution in [0, 0.1) is 11.7 Å². The highest BCUT2D eigenvalue weighted by atomic mass is 35.5. The zero-order valence-electron chi connectivity index (χ0n) is 16.3. The van der Waals surface area contributed by atoms with Crippen molar-refractivity contribution in [3.8, 4) is 0 Å². The molecule has 0 aliphatic carbocycles. The van der Waals surface area contributed by atoms with E-state index in [1.807, 2.05) is 19.2 Å². The number of nitrogens with one attached hydrogen (secondary N) is 2. The normalized spacial score (nSPS) is 10.7. The molecule has 156 valence electrons. The first-order valence-electron chi connectivity index (χ1n) is 8.94. The smallest absolute Gasteiger partial charge is 0.341 e. The molecular formula is C20H22ClFN2O4S. The van der Waals surface area contributed by atoms with Crippen LogP contribution in [0.4, 0.5) is 9.39 Å². The summed E-state index contributed by atoms with van der Waals surface area (Å²) < 4.78 is 17.9. The fourth-order valence-corrected chi connectivity index (χ4v) is 3.88. The van der Waals surface area contributed by atoms with Crippen LogP contribution in [0.1, 0.15) is 46.5 Å². The van der Waals surface area contributed by atoms with Crippen molar-refractivity contribution in [2.24, 2.45) is 5.92 Å². The van der Waals surface area contributed by atoms with Gasteiger partial charge < -0.3 is 15.4 Å². The summed E-state index contributed by atoms with van der Waals surface area (Å²) in [6.45, 7) is 4.12. The predicted octanol–water partition coefficient (Wildman–Crippen LogP) is 4.28. The van der Waals surface area contributed by atoms with Gasteiger partial charge in [0.05, 0.1) is 23.3 Å². The Morgan fingerprint density at radius 2 is 2.00 bits per heavy atom. The minimum absolute atomic E-state index is 0.00839. The summed E-state index contributed by atoms with van der Waals surface area (Å²) in [5.41, 5.74) is 1.31. The number of ether oxygens (including phenoxy) is 1. The molecular weight excluding hydrogens is 419 g/mol. The van der Waals surface area contributed by atoms with Crippen LogP contribution in [0.2, 0.25) is 5.02 Å². The average Bonchev–Trinajstić information content (AvgIpc) is 3.02. The maximum atomic E-state index is 13.1. The fraction of sp³-hybridized carbons (Fsp3) is 0.350. The summed E-state index contributed by atoms with van der Waals surface area (Å²) in [6, 6.07) is 3.45. The number of carbonyl (C=O) groups is 3. The number of methoxy groups -OCH3 is 1. The third-order valence-corrected chi connectivity index (χ3v) is 5.21. The van der Waals surface area contributed by atoms with Crippen LogP contribution in [0.15, 0.2) is 23.6 Å². The van der Waals surface area contributed by atoms with E-state index in [2.05, 4.69) is 10.6 Å². The van der Waals surface area contributed by atoms with Crippen LogP contribution < -0.4 is 10.6 Å². The molecule has 0 saturated heterocycles. The second kappa shape index (κ2) is 10.4. The van der Waals surface area contributed by atoms with E-state index in [0.717, 1.165) is 17.7 Å². The van der Waals surface area contributed by atoms with Gasteiger partial charge in [-0.15, -0.1) is 11.3 Å². The van der Waals surface area contributed by atoms with Gasteiger partial charge in [-0.25, -0.2) is 9.18 Å². The molecule has 6 nitrogen and oxygen atoms in total. The molecule has 0 fully saturated rings. The van der Waals surface area contributed by atoms with Gasteiger partial charge in [-0.1, -0.05) is 25.4 Å². The molecule has 1 aromatic carbocycles. The summed E-state index contributed by atoms with van der Waals surface area (Å²) in [5, 5.41) is 7.51. The number of rotatable bonds is 8. The molecule has 9 heteroatoms. The molecule has 1 aromatic heterocycles. The quantitative estimate of drug-likeness (QED) is 0.600. The Hall–Kier alpha value is -2.45. The second-order valence-electron chi connectivity index (χ2n) is 6.73. The number of carbonyl (C=O) groups excluding carboxylic acids is 3. The van der Waals surface area contributed by atoms with Crippen LogP contribution >= 0.6 is 22.9 Å². The number of amides is 2. The van der Waals surface area contributed by atoms with E-state index in [1.54, 1.807) is 0 Å². The summed E-state index contributed by atoms with van der Waals surface area (Å²) in [7, 11) is 1.29. The molecule has 0 radical (unpaired) electrons. The molecule has 0 spiro atoms. The lowest BCUT2D eigenvalue weighted by Crippen LogP contribution is -2.28. The van der Waals surface area contributed by atoms with Gasteiger partial charge in [-0.2, -0.15) is 0 Å². The molecule has 2 N–H and O–H groups in total. The summed E-state index contributed by atoms with van der Waals surface area (Å²) in [5.74, 6) is -1.58. The van der Waals surface area contributed by atoms with Crippen LogP contribution in [0.3, 0.4) is 0 Å². The lowest BCUT2D eigenvalue weighted by Gasteiger charge is -2.09. The van der Waals surface area contributed by atoms with E-state index < -0.39 is 17.7 Å². The van der Waals surface area contributed by atoms with Gasteiger partial charge in [-0.05, 0) is 41.5 Å². The summed E-state index contributed by atoms with van der Waals surface area (Å²) in [6.07, 6.45) is 0.674. The number of esters is 1. The molecule has 29 heavy (non-hydrogen) atoms. The van der Waals surface area contributed by atoms with Crippen LogP contribution in [-0.2, 0) is 16.0 Å². The molecule has 2 aromatic rings. The van der Waals surface area contributed by atoms with Crippen LogP contribution in [-0.4, -0.2) is 31.4 Å². The highest BCUT2D eigenvalue weighted by Crippen LogP contribution is 2.30. The Balaban J connectivity index is 1.96. The molecule has 0 unspecified atom stereocenters. The average molecular weight is 441 g/mol. The second-order valence-corrected chi connectivity index (χ2v) is 8.02. The van der Waals surface area contributed by atoms with Crippen LogP contribution in [0.25, 0.3) is 0 Å². The van der Waals surface area contributed by atoms with Gasteiger partial charge in [0, 0.05) is 13.0 Å². The Bertz CT molecular complexity index is 914. The van der Waals surface area contributed by atoms with E-state index in [1.165, 1.54) is 24.5 Å². The molecule has 0 aliphatic heterocycles. The largest absolute Gasteiger partial charge is 0.465 e. The molecule has 1 heterocycles. The zero-order chi connectivity index (χ0) is 21.6. The predicted molar refractivity (Wildman–Crippen MR) is 111 cm³/mol. The third-order valence-electron chi connectivity index (χ3n) is 3.95. The van der Waals surface area contributed by atoms with Gasteiger partial charge in [-0.3, -0.25) is 9.59 Å². The lowest BCUT2D eigenvalue weighted by atomic mass is 10.0. The molecule has 0 atom stereocenters.